The Kier molecular flexibility index (Phi) is 4.20. The molecule has 1 atom stereocenters. The van der Waals surface area contributed by atoms with Gasteiger partial charge in [0.15, 0.2) is 0 Å². The molecule has 0 radical (unpaired) electrons. The molecule has 4 nitrogen and oxygen atoms in total. The van der Waals surface area contributed by atoms with E-state index in [1.807, 2.05) is 18.2 Å². The van der Waals surface area contributed by atoms with Crippen LogP contribution in [0.15, 0.2) is 18.2 Å². The first kappa shape index (κ1) is 13.6. The van der Waals surface area contributed by atoms with E-state index in [2.05, 4.69) is 0 Å². The van der Waals surface area contributed by atoms with Crippen molar-refractivity contribution in [2.24, 2.45) is 0 Å². The molecule has 0 fully saturated rings. The topological polar surface area (TPSA) is 52.6 Å². The van der Waals surface area contributed by atoms with Crippen LogP contribution in [0.3, 0.4) is 0 Å². The van der Waals surface area contributed by atoms with E-state index in [4.69, 9.17) is 9.47 Å². The van der Waals surface area contributed by atoms with E-state index >= 15 is 0 Å². The molecule has 4 heteroatoms. The van der Waals surface area contributed by atoms with Crippen LogP contribution in [-0.4, -0.2) is 25.2 Å². The first-order valence-electron chi connectivity index (χ1n) is 6.44. The van der Waals surface area contributed by atoms with Gasteiger partial charge in [-0.3, -0.25) is 9.59 Å². The van der Waals surface area contributed by atoms with Crippen molar-refractivity contribution in [1.82, 2.24) is 0 Å². The lowest BCUT2D eigenvalue weighted by Crippen LogP contribution is -2.25. The number of methoxy groups -OCH3 is 1. The van der Waals surface area contributed by atoms with Crippen LogP contribution in [0.2, 0.25) is 0 Å². The summed E-state index contributed by atoms with van der Waals surface area (Å²) in [5.74, 6) is -0.463. The molecule has 2 rings (SSSR count). The SMILES string of the molecule is COC(=O)Cc1cccc2c1CCC(OC(C)=O)C2. The lowest BCUT2D eigenvalue weighted by atomic mass is 9.86. The molecule has 0 aromatic heterocycles. The molecule has 0 saturated heterocycles. The molecule has 0 heterocycles. The minimum atomic E-state index is -0.237. The number of hydrogen-bond acceptors (Lipinski definition) is 4. The third-order valence-electron chi connectivity index (χ3n) is 3.43. The van der Waals surface area contributed by atoms with Crippen LogP contribution in [0.4, 0.5) is 0 Å². The minimum absolute atomic E-state index is 0.0432. The molecule has 0 N–H and O–H groups in total. The van der Waals surface area contributed by atoms with E-state index in [-0.39, 0.29) is 18.0 Å². The zero-order chi connectivity index (χ0) is 13.8. The number of rotatable bonds is 3. The largest absolute Gasteiger partial charge is 0.469 e. The molecule has 1 aliphatic rings. The Morgan fingerprint density at radius 1 is 1.37 bits per heavy atom. The zero-order valence-corrected chi connectivity index (χ0v) is 11.3. The van der Waals surface area contributed by atoms with Crippen LogP contribution in [0.1, 0.15) is 30.0 Å². The van der Waals surface area contributed by atoms with Crippen molar-refractivity contribution in [2.45, 2.75) is 38.7 Å². The van der Waals surface area contributed by atoms with Crippen LogP contribution in [0.25, 0.3) is 0 Å². The maximum Gasteiger partial charge on any atom is 0.309 e. The minimum Gasteiger partial charge on any atom is -0.469 e. The number of ether oxygens (including phenoxy) is 2. The molecule has 0 aliphatic heterocycles. The van der Waals surface area contributed by atoms with Gasteiger partial charge in [0.2, 0.25) is 0 Å². The highest BCUT2D eigenvalue weighted by Gasteiger charge is 2.23. The summed E-state index contributed by atoms with van der Waals surface area (Å²) in [6.45, 7) is 1.43. The Morgan fingerprint density at radius 2 is 2.16 bits per heavy atom. The standard InChI is InChI=1S/C15H18O4/c1-10(16)19-13-6-7-14-11(8-13)4-3-5-12(14)9-15(17)18-2/h3-5,13H,6-9H2,1-2H3. The number of carbonyl (C=O) groups is 2. The fourth-order valence-corrected chi connectivity index (χ4v) is 2.58. The van der Waals surface area contributed by atoms with Crippen molar-refractivity contribution in [1.29, 1.82) is 0 Å². The van der Waals surface area contributed by atoms with E-state index in [0.717, 1.165) is 24.8 Å². The number of fused-ring (bicyclic) bond motifs is 1. The van der Waals surface area contributed by atoms with E-state index in [9.17, 15) is 9.59 Å². The number of carbonyl (C=O) groups excluding carboxylic acids is 2. The van der Waals surface area contributed by atoms with Crippen molar-refractivity contribution >= 4 is 11.9 Å². The summed E-state index contributed by atoms with van der Waals surface area (Å²) >= 11 is 0. The highest BCUT2D eigenvalue weighted by atomic mass is 16.5. The predicted octanol–water partition coefficient (Wildman–Crippen LogP) is 1.82. The van der Waals surface area contributed by atoms with E-state index in [1.165, 1.54) is 25.2 Å². The Labute approximate surface area is 112 Å². The fraction of sp³-hybridized carbons (Fsp3) is 0.467. The monoisotopic (exact) mass is 262 g/mol. The first-order chi connectivity index (χ1) is 9.10. The van der Waals surface area contributed by atoms with Crippen LogP contribution in [0.5, 0.6) is 0 Å². The van der Waals surface area contributed by atoms with Gasteiger partial charge in [0.25, 0.3) is 0 Å². The Balaban J connectivity index is 2.16. The normalized spacial score (nSPS) is 17.5. The van der Waals surface area contributed by atoms with Crippen LogP contribution in [0, 0.1) is 0 Å². The van der Waals surface area contributed by atoms with Gasteiger partial charge in [-0.25, -0.2) is 0 Å². The van der Waals surface area contributed by atoms with Crippen molar-refractivity contribution < 1.29 is 19.1 Å². The van der Waals surface area contributed by atoms with Crippen molar-refractivity contribution in [2.75, 3.05) is 7.11 Å². The second-order valence-electron chi connectivity index (χ2n) is 4.78. The second kappa shape index (κ2) is 5.87. The predicted molar refractivity (Wildman–Crippen MR) is 69.7 cm³/mol. The molecular weight excluding hydrogens is 244 g/mol. The third kappa shape index (κ3) is 3.34. The Morgan fingerprint density at radius 3 is 2.84 bits per heavy atom. The average molecular weight is 262 g/mol. The summed E-state index contributed by atoms with van der Waals surface area (Å²) in [7, 11) is 1.40. The molecule has 1 unspecified atom stereocenters. The maximum absolute atomic E-state index is 11.4. The zero-order valence-electron chi connectivity index (χ0n) is 11.3. The Hall–Kier alpha value is -1.84. The van der Waals surface area contributed by atoms with Gasteiger partial charge in [-0.1, -0.05) is 18.2 Å². The van der Waals surface area contributed by atoms with Gasteiger partial charge in [-0.15, -0.1) is 0 Å². The van der Waals surface area contributed by atoms with Gasteiger partial charge < -0.3 is 9.47 Å². The smallest absolute Gasteiger partial charge is 0.309 e. The van der Waals surface area contributed by atoms with Gasteiger partial charge >= 0.3 is 11.9 Å². The molecular formula is C15H18O4. The van der Waals surface area contributed by atoms with Crippen LogP contribution in [-0.2, 0) is 38.3 Å². The van der Waals surface area contributed by atoms with E-state index in [1.54, 1.807) is 0 Å². The lowest BCUT2D eigenvalue weighted by Gasteiger charge is -2.25. The molecule has 1 aromatic carbocycles. The quantitative estimate of drug-likeness (QED) is 0.780. The van der Waals surface area contributed by atoms with Crippen molar-refractivity contribution in [3.05, 3.63) is 34.9 Å². The summed E-state index contributed by atoms with van der Waals surface area (Å²) in [5, 5.41) is 0. The lowest BCUT2D eigenvalue weighted by molar-refractivity contribution is -0.146. The number of hydrogen-bond donors (Lipinski definition) is 0. The number of benzene rings is 1. The van der Waals surface area contributed by atoms with Crippen molar-refractivity contribution in [3.8, 4) is 0 Å². The van der Waals surface area contributed by atoms with Gasteiger partial charge in [0, 0.05) is 13.3 Å². The summed E-state index contributed by atoms with van der Waals surface area (Å²) < 4.78 is 9.97. The van der Waals surface area contributed by atoms with Crippen molar-refractivity contribution in [3.63, 3.8) is 0 Å². The van der Waals surface area contributed by atoms with Gasteiger partial charge in [0.05, 0.1) is 13.5 Å². The van der Waals surface area contributed by atoms with E-state index in [0.29, 0.717) is 6.42 Å². The summed E-state index contributed by atoms with van der Waals surface area (Å²) in [6.07, 6.45) is 2.63. The molecule has 0 spiro atoms. The maximum atomic E-state index is 11.4. The van der Waals surface area contributed by atoms with Gasteiger partial charge in [0.1, 0.15) is 6.10 Å². The number of esters is 2. The molecule has 0 bridgehead atoms. The molecule has 1 aromatic rings. The van der Waals surface area contributed by atoms with Gasteiger partial charge in [-0.2, -0.15) is 0 Å². The molecule has 0 amide bonds. The highest BCUT2D eigenvalue weighted by molar-refractivity contribution is 5.73. The van der Waals surface area contributed by atoms with Gasteiger partial charge in [-0.05, 0) is 29.5 Å². The van der Waals surface area contributed by atoms with E-state index < -0.39 is 0 Å². The third-order valence-corrected chi connectivity index (χ3v) is 3.43. The summed E-state index contributed by atoms with van der Waals surface area (Å²) in [5.41, 5.74) is 3.39. The average Bonchev–Trinajstić information content (AvgIpc) is 2.38. The first-order valence-corrected chi connectivity index (χ1v) is 6.44. The van der Waals surface area contributed by atoms with Crippen LogP contribution >= 0.6 is 0 Å². The Bertz CT molecular complexity index is 493. The molecule has 19 heavy (non-hydrogen) atoms. The highest BCUT2D eigenvalue weighted by Crippen LogP contribution is 2.26. The summed E-state index contributed by atoms with van der Waals surface area (Å²) in [6, 6.07) is 5.93. The summed E-state index contributed by atoms with van der Waals surface area (Å²) in [4.78, 5) is 22.4. The second-order valence-corrected chi connectivity index (χ2v) is 4.78. The molecule has 102 valence electrons. The molecule has 1 aliphatic carbocycles. The van der Waals surface area contributed by atoms with Crippen LogP contribution < -0.4 is 0 Å². The fourth-order valence-electron chi connectivity index (χ4n) is 2.58. The molecule has 0 saturated carbocycles.